The standard InChI is InChI=1S/C11H18N2O2/c14-12-7-11(3-4-11)8-13-9-1-2-10(13)6-15-5-9/h9-10H,1-8H2. The van der Waals surface area contributed by atoms with E-state index in [1.807, 2.05) is 0 Å². The Balaban J connectivity index is 1.65. The van der Waals surface area contributed by atoms with Crippen LogP contribution in [0.3, 0.4) is 0 Å². The maximum atomic E-state index is 10.4. The summed E-state index contributed by atoms with van der Waals surface area (Å²) in [5.41, 5.74) is 0.250. The summed E-state index contributed by atoms with van der Waals surface area (Å²) in [4.78, 5) is 13.0. The molecule has 2 atom stereocenters. The highest BCUT2D eigenvalue weighted by Crippen LogP contribution is 2.48. The van der Waals surface area contributed by atoms with Gasteiger partial charge < -0.3 is 4.74 Å². The quantitative estimate of drug-likeness (QED) is 0.659. The largest absolute Gasteiger partial charge is 0.378 e. The van der Waals surface area contributed by atoms with Crippen molar-refractivity contribution in [3.8, 4) is 0 Å². The summed E-state index contributed by atoms with van der Waals surface area (Å²) in [6, 6.07) is 1.24. The molecular formula is C11H18N2O2. The fraction of sp³-hybridized carbons (Fsp3) is 1.00. The SMILES string of the molecule is O=NCC1(CN2C3CCC2COC3)CC1. The van der Waals surface area contributed by atoms with Crippen molar-refractivity contribution in [2.45, 2.75) is 37.8 Å². The van der Waals surface area contributed by atoms with Gasteiger partial charge in [0.1, 0.15) is 0 Å². The lowest BCUT2D eigenvalue weighted by Crippen LogP contribution is -2.48. The Kier molecular flexibility index (Phi) is 2.29. The summed E-state index contributed by atoms with van der Waals surface area (Å²) < 4.78 is 5.55. The molecule has 2 aliphatic heterocycles. The number of rotatable bonds is 4. The van der Waals surface area contributed by atoms with Crippen molar-refractivity contribution in [2.75, 3.05) is 26.3 Å². The molecule has 0 aromatic rings. The van der Waals surface area contributed by atoms with E-state index in [1.54, 1.807) is 0 Å². The van der Waals surface area contributed by atoms with Crippen molar-refractivity contribution in [2.24, 2.45) is 10.6 Å². The van der Waals surface area contributed by atoms with Gasteiger partial charge >= 0.3 is 0 Å². The minimum atomic E-state index is 0.250. The van der Waals surface area contributed by atoms with Crippen LogP contribution < -0.4 is 0 Å². The third-order valence-electron chi connectivity index (χ3n) is 4.27. The zero-order valence-electron chi connectivity index (χ0n) is 9.02. The number of hydrogen-bond acceptors (Lipinski definition) is 4. The number of nitroso groups, excluding NO2 is 1. The molecule has 3 aliphatic rings. The van der Waals surface area contributed by atoms with E-state index in [-0.39, 0.29) is 5.41 Å². The summed E-state index contributed by atoms with van der Waals surface area (Å²) >= 11 is 0. The van der Waals surface area contributed by atoms with Gasteiger partial charge in [0, 0.05) is 24.0 Å². The van der Waals surface area contributed by atoms with Crippen LogP contribution in [0.15, 0.2) is 5.18 Å². The molecule has 15 heavy (non-hydrogen) atoms. The molecule has 3 rings (SSSR count). The molecule has 0 amide bonds. The Morgan fingerprint density at radius 2 is 1.93 bits per heavy atom. The van der Waals surface area contributed by atoms with Gasteiger partial charge in [-0.1, -0.05) is 5.18 Å². The van der Waals surface area contributed by atoms with E-state index in [0.717, 1.165) is 19.8 Å². The van der Waals surface area contributed by atoms with Crippen molar-refractivity contribution in [3.05, 3.63) is 4.91 Å². The first kappa shape index (κ1) is 9.73. The molecule has 4 heteroatoms. The van der Waals surface area contributed by atoms with Gasteiger partial charge in [0.25, 0.3) is 0 Å². The van der Waals surface area contributed by atoms with Gasteiger partial charge in [-0.3, -0.25) is 4.90 Å². The number of fused-ring (bicyclic) bond motifs is 2. The van der Waals surface area contributed by atoms with Crippen molar-refractivity contribution in [1.29, 1.82) is 0 Å². The van der Waals surface area contributed by atoms with E-state index in [1.165, 1.54) is 25.7 Å². The highest BCUT2D eigenvalue weighted by molar-refractivity contribution is 5.02. The average molecular weight is 210 g/mol. The van der Waals surface area contributed by atoms with Crippen LogP contribution in [0.1, 0.15) is 25.7 Å². The van der Waals surface area contributed by atoms with Crippen LogP contribution in [0.2, 0.25) is 0 Å². The van der Waals surface area contributed by atoms with Crippen LogP contribution in [0, 0.1) is 10.3 Å². The lowest BCUT2D eigenvalue weighted by atomic mass is 10.1. The van der Waals surface area contributed by atoms with Gasteiger partial charge in [-0.15, -0.1) is 0 Å². The zero-order valence-corrected chi connectivity index (χ0v) is 9.02. The Bertz CT molecular complexity index is 249. The first-order valence-corrected chi connectivity index (χ1v) is 5.96. The molecule has 4 nitrogen and oxygen atoms in total. The highest BCUT2D eigenvalue weighted by Gasteiger charge is 2.48. The molecule has 0 aromatic heterocycles. The molecular weight excluding hydrogens is 192 g/mol. The average Bonchev–Trinajstić information content (AvgIpc) is 2.94. The first-order valence-electron chi connectivity index (χ1n) is 5.96. The van der Waals surface area contributed by atoms with Gasteiger partial charge in [0.2, 0.25) is 0 Å². The van der Waals surface area contributed by atoms with Crippen LogP contribution in [-0.4, -0.2) is 43.3 Å². The molecule has 0 spiro atoms. The molecule has 2 saturated heterocycles. The Hall–Kier alpha value is -0.480. The molecule has 1 saturated carbocycles. The van der Waals surface area contributed by atoms with Gasteiger partial charge in [-0.05, 0) is 25.7 Å². The maximum absolute atomic E-state index is 10.4. The molecule has 0 N–H and O–H groups in total. The van der Waals surface area contributed by atoms with E-state index in [4.69, 9.17) is 4.74 Å². The van der Waals surface area contributed by atoms with Gasteiger partial charge in [-0.2, -0.15) is 4.91 Å². The summed E-state index contributed by atoms with van der Waals surface area (Å²) in [5, 5.41) is 3.10. The fourth-order valence-corrected chi connectivity index (χ4v) is 3.04. The maximum Gasteiger partial charge on any atom is 0.0879 e. The smallest absolute Gasteiger partial charge is 0.0879 e. The molecule has 2 bridgehead atoms. The lowest BCUT2D eigenvalue weighted by molar-refractivity contribution is -0.0228. The predicted molar refractivity (Wildman–Crippen MR) is 56.7 cm³/mol. The van der Waals surface area contributed by atoms with Crippen molar-refractivity contribution in [3.63, 3.8) is 0 Å². The van der Waals surface area contributed by atoms with Gasteiger partial charge in [0.15, 0.2) is 0 Å². The zero-order chi connectivity index (χ0) is 10.3. The lowest BCUT2D eigenvalue weighted by Gasteiger charge is -2.36. The Labute approximate surface area is 89.9 Å². The Morgan fingerprint density at radius 1 is 1.27 bits per heavy atom. The summed E-state index contributed by atoms with van der Waals surface area (Å²) in [7, 11) is 0. The number of morpholine rings is 1. The van der Waals surface area contributed by atoms with Crippen LogP contribution in [0.25, 0.3) is 0 Å². The summed E-state index contributed by atoms with van der Waals surface area (Å²) in [6.07, 6.45) is 4.93. The summed E-state index contributed by atoms with van der Waals surface area (Å²) in [5.74, 6) is 0. The molecule has 2 heterocycles. The van der Waals surface area contributed by atoms with E-state index in [9.17, 15) is 4.91 Å². The Morgan fingerprint density at radius 3 is 2.47 bits per heavy atom. The van der Waals surface area contributed by atoms with Crippen molar-refractivity contribution >= 4 is 0 Å². The number of ether oxygens (including phenoxy) is 1. The van der Waals surface area contributed by atoms with Crippen LogP contribution in [-0.2, 0) is 4.74 Å². The minimum absolute atomic E-state index is 0.250. The van der Waals surface area contributed by atoms with E-state index in [2.05, 4.69) is 10.1 Å². The second-order valence-electron chi connectivity index (χ2n) is 5.38. The molecule has 0 radical (unpaired) electrons. The second-order valence-corrected chi connectivity index (χ2v) is 5.38. The van der Waals surface area contributed by atoms with Crippen LogP contribution >= 0.6 is 0 Å². The second kappa shape index (κ2) is 3.52. The van der Waals surface area contributed by atoms with Crippen molar-refractivity contribution in [1.82, 2.24) is 4.90 Å². The molecule has 1 aliphatic carbocycles. The topological polar surface area (TPSA) is 41.9 Å². The van der Waals surface area contributed by atoms with Gasteiger partial charge in [-0.25, -0.2) is 0 Å². The first-order chi connectivity index (χ1) is 7.33. The van der Waals surface area contributed by atoms with E-state index >= 15 is 0 Å². The molecule has 84 valence electrons. The molecule has 3 fully saturated rings. The van der Waals surface area contributed by atoms with E-state index in [0.29, 0.717) is 18.6 Å². The van der Waals surface area contributed by atoms with Gasteiger partial charge in [0.05, 0.1) is 19.8 Å². The highest BCUT2D eigenvalue weighted by atomic mass is 16.5. The predicted octanol–water partition coefficient (Wildman–Crippen LogP) is 1.40. The summed E-state index contributed by atoms with van der Waals surface area (Å²) in [6.45, 7) is 3.38. The normalized spacial score (nSPS) is 37.9. The number of nitrogens with zero attached hydrogens (tertiary/aromatic N) is 2. The molecule has 2 unspecified atom stereocenters. The van der Waals surface area contributed by atoms with E-state index < -0.39 is 0 Å². The number of hydrogen-bond donors (Lipinski definition) is 0. The van der Waals surface area contributed by atoms with Crippen LogP contribution in [0.4, 0.5) is 0 Å². The third-order valence-corrected chi connectivity index (χ3v) is 4.27. The minimum Gasteiger partial charge on any atom is -0.378 e. The molecule has 0 aromatic carbocycles. The fourth-order valence-electron chi connectivity index (χ4n) is 3.04. The van der Waals surface area contributed by atoms with Crippen molar-refractivity contribution < 1.29 is 4.74 Å². The monoisotopic (exact) mass is 210 g/mol. The van der Waals surface area contributed by atoms with Crippen LogP contribution in [0.5, 0.6) is 0 Å². The third kappa shape index (κ3) is 1.70.